The van der Waals surface area contributed by atoms with Gasteiger partial charge >= 0.3 is 12.4 Å². The van der Waals surface area contributed by atoms with Crippen LogP contribution in [-0.2, 0) is 22.4 Å². The van der Waals surface area contributed by atoms with Crippen LogP contribution in [0.4, 0.5) is 30.7 Å². The molecule has 0 fully saturated rings. The van der Waals surface area contributed by atoms with Gasteiger partial charge in [-0.2, -0.15) is 31.4 Å². The van der Waals surface area contributed by atoms with E-state index in [1.165, 1.54) is 0 Å². The van der Waals surface area contributed by atoms with Crippen molar-refractivity contribution in [1.82, 2.24) is 9.78 Å². The van der Waals surface area contributed by atoms with Gasteiger partial charge in [-0.25, -0.2) is 22.6 Å². The Bertz CT molecular complexity index is 1260. The minimum absolute atomic E-state index is 0.146. The van der Waals surface area contributed by atoms with E-state index in [1.54, 1.807) is 0 Å². The molecule has 0 atom stereocenters. The number of aromatic nitrogens is 2. The summed E-state index contributed by atoms with van der Waals surface area (Å²) in [4.78, 5) is -0.872. The fraction of sp³-hybridized carbons (Fsp3) is 0.167. The SMILES string of the molecule is Cc1cc(-n2nc(C(F)(F)F)cc2-c2ccc(S(N)(=O)=O)c(F)c2)ccc1C(F)(F)F. The quantitative estimate of drug-likeness (QED) is 0.569. The summed E-state index contributed by atoms with van der Waals surface area (Å²) in [6.45, 7) is 1.13. The smallest absolute Gasteiger partial charge is 0.232 e. The predicted octanol–water partition coefficient (Wildman–Crippen LogP) is 4.67. The van der Waals surface area contributed by atoms with Gasteiger partial charge in [-0.1, -0.05) is 6.07 Å². The topological polar surface area (TPSA) is 78.0 Å². The summed E-state index contributed by atoms with van der Waals surface area (Å²) in [5.41, 5.74) is -3.31. The highest BCUT2D eigenvalue weighted by molar-refractivity contribution is 7.89. The number of aryl methyl sites for hydroxylation is 1. The largest absolute Gasteiger partial charge is 0.435 e. The number of rotatable bonds is 3. The molecule has 1 heterocycles. The molecule has 0 aliphatic heterocycles. The van der Waals surface area contributed by atoms with Crippen LogP contribution in [0.3, 0.4) is 0 Å². The fourth-order valence-electron chi connectivity index (χ4n) is 2.91. The van der Waals surface area contributed by atoms with Crippen LogP contribution >= 0.6 is 0 Å². The van der Waals surface area contributed by atoms with Crippen LogP contribution in [0.5, 0.6) is 0 Å². The standard InChI is InChI=1S/C18H12F7N3O2S/c1-9-6-11(3-4-12(9)17(20,21)22)28-14(8-16(27-28)18(23,24)25)10-2-5-15(13(19)7-10)31(26,29)30/h2-8H,1H3,(H2,26,29,30). The van der Waals surface area contributed by atoms with E-state index >= 15 is 0 Å². The van der Waals surface area contributed by atoms with E-state index in [0.29, 0.717) is 22.9 Å². The Hall–Kier alpha value is -2.93. The van der Waals surface area contributed by atoms with Crippen LogP contribution in [0, 0.1) is 12.7 Å². The van der Waals surface area contributed by atoms with E-state index in [-0.39, 0.29) is 22.5 Å². The number of benzene rings is 2. The molecule has 0 spiro atoms. The number of nitrogens with zero attached hydrogens (tertiary/aromatic N) is 2. The van der Waals surface area contributed by atoms with Crippen molar-refractivity contribution in [2.75, 3.05) is 0 Å². The second-order valence-corrected chi connectivity index (χ2v) is 8.04. The van der Waals surface area contributed by atoms with Crippen LogP contribution in [0.2, 0.25) is 0 Å². The molecule has 31 heavy (non-hydrogen) atoms. The molecule has 2 N–H and O–H groups in total. The average Bonchev–Trinajstić information content (AvgIpc) is 3.05. The summed E-state index contributed by atoms with van der Waals surface area (Å²) in [6, 6.07) is 5.57. The van der Waals surface area contributed by atoms with Crippen molar-refractivity contribution in [2.24, 2.45) is 5.14 Å². The van der Waals surface area contributed by atoms with Gasteiger partial charge in [-0.05, 0) is 48.9 Å². The molecular formula is C18H12F7N3O2S. The maximum absolute atomic E-state index is 14.2. The van der Waals surface area contributed by atoms with Crippen molar-refractivity contribution < 1.29 is 39.2 Å². The Morgan fingerprint density at radius 1 is 0.935 bits per heavy atom. The lowest BCUT2D eigenvalue weighted by Crippen LogP contribution is -2.14. The summed E-state index contributed by atoms with van der Waals surface area (Å²) in [6.07, 6.45) is -9.57. The summed E-state index contributed by atoms with van der Waals surface area (Å²) in [7, 11) is -4.42. The van der Waals surface area contributed by atoms with Gasteiger partial charge in [0, 0.05) is 5.56 Å². The van der Waals surface area contributed by atoms with Crippen LogP contribution in [0.15, 0.2) is 47.4 Å². The molecule has 0 radical (unpaired) electrons. The van der Waals surface area contributed by atoms with Gasteiger partial charge in [0.15, 0.2) is 5.69 Å². The average molecular weight is 467 g/mol. The normalized spacial score (nSPS) is 12.9. The highest BCUT2D eigenvalue weighted by Crippen LogP contribution is 2.36. The van der Waals surface area contributed by atoms with Crippen molar-refractivity contribution in [1.29, 1.82) is 0 Å². The minimum Gasteiger partial charge on any atom is -0.232 e. The molecule has 1 aromatic heterocycles. The van der Waals surface area contributed by atoms with Crippen LogP contribution in [0.1, 0.15) is 16.8 Å². The van der Waals surface area contributed by atoms with Gasteiger partial charge in [0.05, 0.1) is 16.9 Å². The molecule has 0 aliphatic carbocycles. The molecule has 3 rings (SSSR count). The first-order valence-electron chi connectivity index (χ1n) is 8.27. The molecule has 0 bridgehead atoms. The highest BCUT2D eigenvalue weighted by atomic mass is 32.2. The molecule has 0 unspecified atom stereocenters. The third kappa shape index (κ3) is 4.56. The summed E-state index contributed by atoms with van der Waals surface area (Å²) in [5.74, 6) is -1.31. The van der Waals surface area contributed by atoms with Crippen molar-refractivity contribution >= 4 is 10.0 Å². The Labute approximate surface area is 171 Å². The van der Waals surface area contributed by atoms with Gasteiger partial charge in [0.25, 0.3) is 0 Å². The molecular weight excluding hydrogens is 455 g/mol. The van der Waals surface area contributed by atoms with Crippen LogP contribution in [-0.4, -0.2) is 18.2 Å². The third-order valence-corrected chi connectivity index (χ3v) is 5.24. The van der Waals surface area contributed by atoms with Gasteiger partial charge in [0.2, 0.25) is 10.0 Å². The summed E-state index contributed by atoms with van der Waals surface area (Å²) >= 11 is 0. The lowest BCUT2D eigenvalue weighted by molar-refractivity contribution is -0.141. The molecule has 3 aromatic rings. The van der Waals surface area contributed by atoms with Crippen molar-refractivity contribution in [2.45, 2.75) is 24.2 Å². The Morgan fingerprint density at radius 2 is 1.58 bits per heavy atom. The van der Waals surface area contributed by atoms with Crippen LogP contribution in [0.25, 0.3) is 16.9 Å². The summed E-state index contributed by atoms with van der Waals surface area (Å²) in [5, 5.41) is 8.28. The molecule has 0 saturated carbocycles. The first-order chi connectivity index (χ1) is 14.1. The van der Waals surface area contributed by atoms with Crippen molar-refractivity contribution in [3.8, 4) is 16.9 Å². The zero-order valence-electron chi connectivity index (χ0n) is 15.4. The van der Waals surface area contributed by atoms with E-state index in [9.17, 15) is 39.2 Å². The van der Waals surface area contributed by atoms with Gasteiger partial charge < -0.3 is 0 Å². The molecule has 2 aromatic carbocycles. The van der Waals surface area contributed by atoms with Gasteiger partial charge in [-0.3, -0.25) is 0 Å². The maximum Gasteiger partial charge on any atom is 0.435 e. The molecule has 0 saturated heterocycles. The number of halogens is 7. The third-order valence-electron chi connectivity index (χ3n) is 4.29. The van der Waals surface area contributed by atoms with Crippen molar-refractivity contribution in [3.63, 3.8) is 0 Å². The second kappa shape index (κ2) is 7.34. The van der Waals surface area contributed by atoms with Gasteiger partial charge in [0.1, 0.15) is 10.7 Å². The van der Waals surface area contributed by atoms with Crippen molar-refractivity contribution in [3.05, 3.63) is 65.1 Å². The number of sulfonamides is 1. The van der Waals surface area contributed by atoms with E-state index in [1.807, 2.05) is 0 Å². The lowest BCUT2D eigenvalue weighted by atomic mass is 10.1. The first-order valence-corrected chi connectivity index (χ1v) is 9.82. The molecule has 0 amide bonds. The number of alkyl halides is 6. The van der Waals surface area contributed by atoms with E-state index < -0.39 is 44.3 Å². The second-order valence-electron chi connectivity index (χ2n) is 6.51. The fourth-order valence-corrected chi connectivity index (χ4v) is 3.50. The predicted molar refractivity (Wildman–Crippen MR) is 95.1 cm³/mol. The Balaban J connectivity index is 2.22. The maximum atomic E-state index is 14.2. The molecule has 5 nitrogen and oxygen atoms in total. The molecule has 13 heteroatoms. The van der Waals surface area contributed by atoms with E-state index in [0.717, 1.165) is 31.2 Å². The monoisotopic (exact) mass is 467 g/mol. The van der Waals surface area contributed by atoms with Gasteiger partial charge in [-0.15, -0.1) is 0 Å². The number of nitrogens with two attached hydrogens (primary N) is 1. The Morgan fingerprint density at radius 3 is 2.06 bits per heavy atom. The number of hydrogen-bond acceptors (Lipinski definition) is 3. The number of hydrogen-bond donors (Lipinski definition) is 1. The first kappa shape index (κ1) is 22.7. The zero-order valence-corrected chi connectivity index (χ0v) is 16.2. The minimum atomic E-state index is -4.90. The van der Waals surface area contributed by atoms with Crippen LogP contribution < -0.4 is 5.14 Å². The number of primary sulfonamides is 1. The van der Waals surface area contributed by atoms with E-state index in [2.05, 4.69) is 5.10 Å². The molecule has 0 aliphatic rings. The summed E-state index contributed by atoms with van der Waals surface area (Å²) < 4.78 is 116. The highest BCUT2D eigenvalue weighted by Gasteiger charge is 2.36. The molecule has 166 valence electrons. The van der Waals surface area contributed by atoms with E-state index in [4.69, 9.17) is 5.14 Å². The zero-order chi connectivity index (χ0) is 23.4. The Kier molecular flexibility index (Phi) is 5.39. The lowest BCUT2D eigenvalue weighted by Gasteiger charge is -2.13.